The molecular formula is C24H30N2S. The van der Waals surface area contributed by atoms with E-state index >= 15 is 0 Å². The van der Waals surface area contributed by atoms with Crippen LogP contribution >= 0.6 is 11.3 Å². The van der Waals surface area contributed by atoms with Crippen LogP contribution in [0.5, 0.6) is 0 Å². The lowest BCUT2D eigenvalue weighted by molar-refractivity contribution is 0.137. The number of nitrogens with one attached hydrogen (secondary N) is 1. The lowest BCUT2D eigenvalue weighted by Gasteiger charge is -2.37. The van der Waals surface area contributed by atoms with Crippen LogP contribution in [0.3, 0.4) is 0 Å². The van der Waals surface area contributed by atoms with E-state index in [0.29, 0.717) is 6.04 Å². The average molecular weight is 379 g/mol. The van der Waals surface area contributed by atoms with Gasteiger partial charge in [-0.2, -0.15) is 0 Å². The molecule has 1 aromatic heterocycles. The third-order valence-corrected chi connectivity index (χ3v) is 7.00. The van der Waals surface area contributed by atoms with Gasteiger partial charge in [0.25, 0.3) is 0 Å². The fraction of sp³-hybridized carbons (Fsp3) is 0.417. The number of fused-ring (bicyclic) bond motifs is 1. The Morgan fingerprint density at radius 2 is 1.93 bits per heavy atom. The van der Waals surface area contributed by atoms with Gasteiger partial charge in [-0.25, -0.2) is 0 Å². The molecule has 2 heterocycles. The lowest BCUT2D eigenvalue weighted by atomic mass is 9.87. The van der Waals surface area contributed by atoms with Crippen molar-refractivity contribution in [2.24, 2.45) is 5.92 Å². The van der Waals surface area contributed by atoms with E-state index < -0.39 is 0 Å². The summed E-state index contributed by atoms with van der Waals surface area (Å²) in [6, 6.07) is 20.4. The van der Waals surface area contributed by atoms with Crippen LogP contribution in [0, 0.1) is 5.92 Å². The molecule has 27 heavy (non-hydrogen) atoms. The van der Waals surface area contributed by atoms with Crippen molar-refractivity contribution in [3.63, 3.8) is 0 Å². The highest BCUT2D eigenvalue weighted by Crippen LogP contribution is 2.29. The number of rotatable bonds is 7. The monoisotopic (exact) mass is 378 g/mol. The number of benzene rings is 2. The molecule has 0 spiro atoms. The SMILES string of the molecule is CN(Cc1ccccc1)C(CCc1csc2ccccc12)C1CCCNC1. The van der Waals surface area contributed by atoms with E-state index in [1.54, 1.807) is 0 Å². The van der Waals surface area contributed by atoms with Crippen molar-refractivity contribution < 1.29 is 0 Å². The van der Waals surface area contributed by atoms with Gasteiger partial charge in [-0.1, -0.05) is 48.5 Å². The molecule has 0 aliphatic carbocycles. The van der Waals surface area contributed by atoms with Crippen LogP contribution in [0.2, 0.25) is 0 Å². The maximum Gasteiger partial charge on any atom is 0.0345 e. The molecule has 0 bridgehead atoms. The van der Waals surface area contributed by atoms with Crippen molar-refractivity contribution in [1.82, 2.24) is 10.2 Å². The molecule has 3 heteroatoms. The highest BCUT2D eigenvalue weighted by atomic mass is 32.1. The molecule has 1 fully saturated rings. The summed E-state index contributed by atoms with van der Waals surface area (Å²) in [4.78, 5) is 2.60. The van der Waals surface area contributed by atoms with Gasteiger partial charge in [0.1, 0.15) is 0 Å². The Balaban J connectivity index is 1.48. The quantitative estimate of drug-likeness (QED) is 0.597. The zero-order valence-electron chi connectivity index (χ0n) is 16.2. The second kappa shape index (κ2) is 9.01. The number of hydrogen-bond acceptors (Lipinski definition) is 3. The first-order valence-electron chi connectivity index (χ1n) is 10.2. The molecule has 1 N–H and O–H groups in total. The molecule has 2 aromatic carbocycles. The van der Waals surface area contributed by atoms with Crippen LogP contribution < -0.4 is 5.32 Å². The van der Waals surface area contributed by atoms with Crippen LogP contribution in [-0.4, -0.2) is 31.1 Å². The summed E-state index contributed by atoms with van der Waals surface area (Å²) in [5.74, 6) is 0.748. The summed E-state index contributed by atoms with van der Waals surface area (Å²) in [5.41, 5.74) is 2.94. The Morgan fingerprint density at radius 1 is 1.11 bits per heavy atom. The minimum absolute atomic E-state index is 0.622. The van der Waals surface area contributed by atoms with Gasteiger partial charge in [0.15, 0.2) is 0 Å². The van der Waals surface area contributed by atoms with Crippen molar-refractivity contribution in [3.8, 4) is 0 Å². The van der Waals surface area contributed by atoms with Crippen LogP contribution in [0.1, 0.15) is 30.4 Å². The largest absolute Gasteiger partial charge is 0.316 e. The van der Waals surface area contributed by atoms with Gasteiger partial charge in [-0.15, -0.1) is 11.3 Å². The third kappa shape index (κ3) is 4.60. The summed E-state index contributed by atoms with van der Waals surface area (Å²) >= 11 is 1.89. The van der Waals surface area contributed by atoms with Crippen LogP contribution in [-0.2, 0) is 13.0 Å². The third-order valence-electron chi connectivity index (χ3n) is 5.99. The zero-order valence-corrected chi connectivity index (χ0v) is 17.0. The lowest BCUT2D eigenvalue weighted by Crippen LogP contribution is -2.44. The summed E-state index contributed by atoms with van der Waals surface area (Å²) in [7, 11) is 2.32. The van der Waals surface area contributed by atoms with Crippen LogP contribution in [0.25, 0.3) is 10.1 Å². The standard InChI is InChI=1S/C24H30N2S/c1-26(17-19-8-3-2-4-9-19)23(20-10-7-15-25-16-20)14-13-21-18-27-24-12-6-5-11-22(21)24/h2-6,8-9,11-12,18,20,23,25H,7,10,13-17H2,1H3. The van der Waals surface area contributed by atoms with Gasteiger partial charge in [0, 0.05) is 17.3 Å². The van der Waals surface area contributed by atoms with Crippen molar-refractivity contribution in [2.75, 3.05) is 20.1 Å². The van der Waals surface area contributed by atoms with Gasteiger partial charge in [-0.3, -0.25) is 4.90 Å². The minimum Gasteiger partial charge on any atom is -0.316 e. The Hall–Kier alpha value is -1.68. The molecule has 0 radical (unpaired) electrons. The Morgan fingerprint density at radius 3 is 2.74 bits per heavy atom. The van der Waals surface area contributed by atoms with E-state index in [0.717, 1.165) is 19.0 Å². The topological polar surface area (TPSA) is 15.3 Å². The maximum atomic E-state index is 3.63. The molecular weight excluding hydrogens is 348 g/mol. The molecule has 2 atom stereocenters. The van der Waals surface area contributed by atoms with Gasteiger partial charge in [0.05, 0.1) is 0 Å². The predicted molar refractivity (Wildman–Crippen MR) is 117 cm³/mol. The van der Waals surface area contributed by atoms with Gasteiger partial charge in [-0.05, 0) is 79.7 Å². The van der Waals surface area contributed by atoms with Crippen molar-refractivity contribution in [3.05, 3.63) is 71.1 Å². The fourth-order valence-corrected chi connectivity index (χ4v) is 5.54. The van der Waals surface area contributed by atoms with E-state index in [2.05, 4.69) is 77.2 Å². The molecule has 142 valence electrons. The number of hydrogen-bond donors (Lipinski definition) is 1. The highest BCUT2D eigenvalue weighted by Gasteiger charge is 2.27. The first-order chi connectivity index (χ1) is 13.3. The summed E-state index contributed by atoms with van der Waals surface area (Å²) in [5, 5.41) is 7.46. The van der Waals surface area contributed by atoms with Crippen molar-refractivity contribution in [1.29, 1.82) is 0 Å². The number of piperidine rings is 1. The Bertz CT molecular complexity index is 836. The summed E-state index contributed by atoms with van der Waals surface area (Å²) < 4.78 is 1.42. The van der Waals surface area contributed by atoms with Gasteiger partial charge >= 0.3 is 0 Å². The van der Waals surface area contributed by atoms with Gasteiger partial charge < -0.3 is 5.32 Å². The Labute approximate surface area is 167 Å². The maximum absolute atomic E-state index is 3.63. The zero-order chi connectivity index (χ0) is 18.5. The van der Waals surface area contributed by atoms with Gasteiger partial charge in [0.2, 0.25) is 0 Å². The van der Waals surface area contributed by atoms with E-state index in [-0.39, 0.29) is 0 Å². The van der Waals surface area contributed by atoms with Crippen molar-refractivity contribution in [2.45, 2.75) is 38.3 Å². The smallest absolute Gasteiger partial charge is 0.0345 e. The molecule has 2 unspecified atom stereocenters. The first-order valence-corrected chi connectivity index (χ1v) is 11.1. The number of aryl methyl sites for hydroxylation is 1. The second-order valence-electron chi connectivity index (χ2n) is 7.87. The normalized spacial score (nSPS) is 18.8. The Kier molecular flexibility index (Phi) is 6.23. The molecule has 4 rings (SSSR count). The highest BCUT2D eigenvalue weighted by molar-refractivity contribution is 7.17. The number of thiophene rings is 1. The predicted octanol–water partition coefficient (Wildman–Crippen LogP) is 5.33. The van der Waals surface area contributed by atoms with Crippen LogP contribution in [0.15, 0.2) is 60.0 Å². The average Bonchev–Trinajstić information content (AvgIpc) is 3.13. The van der Waals surface area contributed by atoms with E-state index in [4.69, 9.17) is 0 Å². The first kappa shape index (κ1) is 18.7. The van der Waals surface area contributed by atoms with E-state index in [1.807, 2.05) is 11.3 Å². The van der Waals surface area contributed by atoms with E-state index in [9.17, 15) is 0 Å². The fourth-order valence-electron chi connectivity index (χ4n) is 4.54. The number of nitrogens with zero attached hydrogens (tertiary/aromatic N) is 1. The molecule has 1 saturated heterocycles. The minimum atomic E-state index is 0.622. The summed E-state index contributed by atoms with van der Waals surface area (Å²) in [6.45, 7) is 3.38. The van der Waals surface area contributed by atoms with Crippen LogP contribution in [0.4, 0.5) is 0 Å². The molecule has 0 saturated carbocycles. The second-order valence-corrected chi connectivity index (χ2v) is 8.78. The van der Waals surface area contributed by atoms with E-state index in [1.165, 1.54) is 53.4 Å². The molecule has 2 nitrogen and oxygen atoms in total. The molecule has 1 aliphatic heterocycles. The molecule has 3 aromatic rings. The summed E-state index contributed by atoms with van der Waals surface area (Å²) in [6.07, 6.45) is 5.06. The van der Waals surface area contributed by atoms with Crippen molar-refractivity contribution >= 4 is 21.4 Å². The molecule has 1 aliphatic rings. The molecule has 0 amide bonds.